The molecule has 0 radical (unpaired) electrons. The quantitative estimate of drug-likeness (QED) is 0.562. The largest absolute Gasteiger partial charge is 0.481 e. The molecule has 1 aromatic heterocycles. The zero-order valence-corrected chi connectivity index (χ0v) is 10.0. The van der Waals surface area contributed by atoms with Crippen molar-refractivity contribution in [2.24, 2.45) is 0 Å². The molecule has 1 amide bonds. The number of carboxylic acid groups (broad SMARTS) is 1. The van der Waals surface area contributed by atoms with E-state index in [1.807, 2.05) is 0 Å². The summed E-state index contributed by atoms with van der Waals surface area (Å²) in [7, 11) is 0. The lowest BCUT2D eigenvalue weighted by atomic mass is 10.2. The van der Waals surface area contributed by atoms with E-state index in [1.165, 1.54) is 10.9 Å². The molecule has 0 aliphatic heterocycles. The zero-order valence-electron chi connectivity index (χ0n) is 10.0. The number of hydrogen-bond acceptors (Lipinski definition) is 4. The zero-order chi connectivity index (χ0) is 13.5. The van der Waals surface area contributed by atoms with Crippen molar-refractivity contribution in [3.05, 3.63) is 24.0 Å². The number of aliphatic hydroxyl groups is 1. The molecule has 7 heteroatoms. The summed E-state index contributed by atoms with van der Waals surface area (Å²) in [5, 5.41) is 23.8. The predicted octanol–water partition coefficient (Wildman–Crippen LogP) is -1.05. The molecule has 3 N–H and O–H groups in total. The SMILES string of the molecule is CC(CO)NC(=O)c1cc[n+](CCC(=O)O)nc1. The molecule has 0 spiro atoms. The summed E-state index contributed by atoms with van der Waals surface area (Å²) in [5.41, 5.74) is 0.363. The maximum absolute atomic E-state index is 11.6. The van der Waals surface area contributed by atoms with E-state index in [2.05, 4.69) is 10.4 Å². The normalized spacial score (nSPS) is 11.9. The van der Waals surface area contributed by atoms with Crippen LogP contribution < -0.4 is 10.00 Å². The second kappa shape index (κ2) is 6.65. The number of carboxylic acids is 1. The molecule has 0 saturated carbocycles. The van der Waals surface area contributed by atoms with Gasteiger partial charge in [-0.15, -0.1) is 0 Å². The number of carbonyl (C=O) groups excluding carboxylic acids is 1. The molecule has 98 valence electrons. The molecule has 1 aromatic rings. The van der Waals surface area contributed by atoms with E-state index < -0.39 is 5.97 Å². The van der Waals surface area contributed by atoms with Crippen LogP contribution in [0.15, 0.2) is 18.5 Å². The number of hydrogen-bond donors (Lipinski definition) is 3. The van der Waals surface area contributed by atoms with Crippen LogP contribution in [0.25, 0.3) is 0 Å². The van der Waals surface area contributed by atoms with Gasteiger partial charge < -0.3 is 15.5 Å². The third-order valence-electron chi connectivity index (χ3n) is 2.24. The first-order valence-corrected chi connectivity index (χ1v) is 5.52. The van der Waals surface area contributed by atoms with Gasteiger partial charge >= 0.3 is 5.97 Å². The monoisotopic (exact) mass is 254 g/mol. The Hall–Kier alpha value is -2.02. The van der Waals surface area contributed by atoms with E-state index in [9.17, 15) is 9.59 Å². The maximum atomic E-state index is 11.6. The van der Waals surface area contributed by atoms with E-state index >= 15 is 0 Å². The lowest BCUT2D eigenvalue weighted by Crippen LogP contribution is -2.40. The van der Waals surface area contributed by atoms with Crippen molar-refractivity contribution in [1.29, 1.82) is 0 Å². The summed E-state index contributed by atoms with van der Waals surface area (Å²) in [6.45, 7) is 1.80. The smallest absolute Gasteiger partial charge is 0.309 e. The fourth-order valence-corrected chi connectivity index (χ4v) is 1.21. The topological polar surface area (TPSA) is 103 Å². The lowest BCUT2D eigenvalue weighted by molar-refractivity contribution is -0.753. The van der Waals surface area contributed by atoms with Gasteiger partial charge in [-0.1, -0.05) is 4.68 Å². The van der Waals surface area contributed by atoms with Crippen molar-refractivity contribution in [3.8, 4) is 0 Å². The minimum atomic E-state index is -0.900. The molecule has 7 nitrogen and oxygen atoms in total. The number of aliphatic carboxylic acids is 1. The molecule has 0 aliphatic carbocycles. The number of nitrogens with one attached hydrogen (secondary N) is 1. The Morgan fingerprint density at radius 3 is 2.78 bits per heavy atom. The van der Waals surface area contributed by atoms with Crippen molar-refractivity contribution < 1.29 is 24.5 Å². The number of nitrogens with zero attached hydrogens (tertiary/aromatic N) is 2. The number of aryl methyl sites for hydroxylation is 1. The number of aromatic nitrogens is 2. The van der Waals surface area contributed by atoms with Gasteiger partial charge in [-0.25, -0.2) is 0 Å². The van der Waals surface area contributed by atoms with Gasteiger partial charge in [0.05, 0.1) is 12.2 Å². The van der Waals surface area contributed by atoms with Crippen LogP contribution in [0.5, 0.6) is 0 Å². The molecule has 1 unspecified atom stereocenters. The van der Waals surface area contributed by atoms with Crippen LogP contribution in [-0.2, 0) is 11.3 Å². The summed E-state index contributed by atoms with van der Waals surface area (Å²) >= 11 is 0. The molecule has 1 atom stereocenters. The minimum Gasteiger partial charge on any atom is -0.481 e. The van der Waals surface area contributed by atoms with Gasteiger partial charge in [0.2, 0.25) is 0 Å². The van der Waals surface area contributed by atoms with Crippen LogP contribution in [0.1, 0.15) is 23.7 Å². The van der Waals surface area contributed by atoms with Crippen molar-refractivity contribution >= 4 is 11.9 Å². The average molecular weight is 254 g/mol. The van der Waals surface area contributed by atoms with Crippen LogP contribution in [0.2, 0.25) is 0 Å². The fraction of sp³-hybridized carbons (Fsp3) is 0.455. The summed E-state index contributed by atoms with van der Waals surface area (Å²) in [6.07, 6.45) is 2.88. The van der Waals surface area contributed by atoms with Gasteiger partial charge in [0.1, 0.15) is 12.6 Å². The highest BCUT2D eigenvalue weighted by atomic mass is 16.4. The maximum Gasteiger partial charge on any atom is 0.309 e. The Balaban J connectivity index is 2.59. The molecule has 0 saturated heterocycles. The van der Waals surface area contributed by atoms with Crippen molar-refractivity contribution in [3.63, 3.8) is 0 Å². The van der Waals surface area contributed by atoms with E-state index in [0.29, 0.717) is 5.56 Å². The molecule has 1 heterocycles. The van der Waals surface area contributed by atoms with E-state index in [-0.39, 0.29) is 31.5 Å². The van der Waals surface area contributed by atoms with Gasteiger partial charge in [0.15, 0.2) is 12.7 Å². The lowest BCUT2D eigenvalue weighted by Gasteiger charge is -2.09. The van der Waals surface area contributed by atoms with E-state index in [1.54, 1.807) is 19.2 Å². The highest BCUT2D eigenvalue weighted by Gasteiger charge is 2.12. The first-order valence-electron chi connectivity index (χ1n) is 5.52. The van der Waals surface area contributed by atoms with Gasteiger partial charge in [-0.05, 0) is 12.0 Å². The third-order valence-corrected chi connectivity index (χ3v) is 2.24. The summed E-state index contributed by atoms with van der Waals surface area (Å²) < 4.78 is 1.44. The van der Waals surface area contributed by atoms with E-state index in [0.717, 1.165) is 0 Å². The number of carbonyl (C=O) groups is 2. The van der Waals surface area contributed by atoms with Crippen molar-refractivity contribution in [1.82, 2.24) is 10.4 Å². The van der Waals surface area contributed by atoms with Crippen LogP contribution in [0.4, 0.5) is 0 Å². The first-order chi connectivity index (χ1) is 8.52. The molecular formula is C11H16N3O4+. The molecule has 18 heavy (non-hydrogen) atoms. The molecule has 0 fully saturated rings. The van der Waals surface area contributed by atoms with E-state index in [4.69, 9.17) is 10.2 Å². The van der Waals surface area contributed by atoms with Crippen LogP contribution in [0, 0.1) is 0 Å². The Labute approximate surface area is 104 Å². The second-order valence-corrected chi connectivity index (χ2v) is 3.88. The summed E-state index contributed by atoms with van der Waals surface area (Å²) in [6, 6.07) is 1.23. The molecule has 1 rings (SSSR count). The number of rotatable bonds is 6. The molecule has 0 aromatic carbocycles. The first kappa shape index (κ1) is 14.0. The van der Waals surface area contributed by atoms with Gasteiger partial charge in [-0.3, -0.25) is 9.59 Å². The predicted molar refractivity (Wildman–Crippen MR) is 60.7 cm³/mol. The standard InChI is InChI=1S/C11H15N3O4/c1-8(7-15)13-11(18)9-2-4-14(12-6-9)5-3-10(16)17/h2,4,6,8,15H,3,5,7H2,1H3,(H-,13,16,17,18)/p+1. The van der Waals surface area contributed by atoms with Crippen LogP contribution in [-0.4, -0.2) is 39.8 Å². The molecule has 0 aliphatic rings. The minimum absolute atomic E-state index is 0.0231. The van der Waals surface area contributed by atoms with Crippen LogP contribution >= 0.6 is 0 Å². The Bertz CT molecular complexity index is 419. The molecular weight excluding hydrogens is 238 g/mol. The Morgan fingerprint density at radius 1 is 1.56 bits per heavy atom. The third kappa shape index (κ3) is 4.46. The number of amides is 1. The van der Waals surface area contributed by atoms with Crippen LogP contribution in [0.3, 0.4) is 0 Å². The summed E-state index contributed by atoms with van der Waals surface area (Å²) in [5.74, 6) is -1.22. The van der Waals surface area contributed by atoms with Crippen molar-refractivity contribution in [2.75, 3.05) is 6.61 Å². The van der Waals surface area contributed by atoms with Gasteiger partial charge in [0, 0.05) is 12.1 Å². The highest BCUT2D eigenvalue weighted by molar-refractivity contribution is 5.93. The van der Waals surface area contributed by atoms with Crippen molar-refractivity contribution in [2.45, 2.75) is 25.9 Å². The molecule has 0 bridgehead atoms. The fourth-order valence-electron chi connectivity index (χ4n) is 1.21. The average Bonchev–Trinajstić information content (AvgIpc) is 2.36. The second-order valence-electron chi connectivity index (χ2n) is 3.88. The Kier molecular flexibility index (Phi) is 5.19. The highest BCUT2D eigenvalue weighted by Crippen LogP contribution is 1.94. The number of aliphatic hydroxyl groups excluding tert-OH is 1. The Morgan fingerprint density at radius 2 is 2.28 bits per heavy atom. The summed E-state index contributed by atoms with van der Waals surface area (Å²) in [4.78, 5) is 22.0. The van der Waals surface area contributed by atoms with Gasteiger partial charge in [0.25, 0.3) is 5.91 Å². The van der Waals surface area contributed by atoms with Gasteiger partial charge in [-0.2, -0.15) is 0 Å².